The largest absolute Gasteiger partial charge is 0.329 e. The second kappa shape index (κ2) is 8.78. The van der Waals surface area contributed by atoms with E-state index in [2.05, 4.69) is 17.0 Å². The topological polar surface area (TPSA) is 101 Å². The van der Waals surface area contributed by atoms with Crippen LogP contribution in [-0.2, 0) is 14.8 Å². The predicted molar refractivity (Wildman–Crippen MR) is 115 cm³/mol. The summed E-state index contributed by atoms with van der Waals surface area (Å²) in [5.41, 5.74) is 6.01. The molecule has 0 heterocycles. The van der Waals surface area contributed by atoms with Gasteiger partial charge >= 0.3 is 0 Å². The van der Waals surface area contributed by atoms with E-state index >= 15 is 0 Å². The van der Waals surface area contributed by atoms with Crippen LogP contribution in [0.2, 0.25) is 0 Å². The summed E-state index contributed by atoms with van der Waals surface area (Å²) in [6.07, 6.45) is 3.76. The Morgan fingerprint density at radius 3 is 2.46 bits per heavy atom. The van der Waals surface area contributed by atoms with Gasteiger partial charge in [-0.25, -0.2) is 13.1 Å². The number of anilines is 1. The quantitative estimate of drug-likeness (QED) is 0.683. The summed E-state index contributed by atoms with van der Waals surface area (Å²) in [6.45, 7) is 3.76. The summed E-state index contributed by atoms with van der Waals surface area (Å²) in [5.74, 6) is -0.0251. The molecule has 2 aromatic carbocycles. The van der Waals surface area contributed by atoms with E-state index in [-0.39, 0.29) is 35.7 Å². The Morgan fingerprint density at radius 1 is 1.18 bits per heavy atom. The first-order valence-electron chi connectivity index (χ1n) is 9.32. The van der Waals surface area contributed by atoms with Crippen LogP contribution >= 0.6 is 12.4 Å². The van der Waals surface area contributed by atoms with Gasteiger partial charge in [-0.3, -0.25) is 4.79 Å². The lowest BCUT2D eigenvalue weighted by atomic mass is 9.74. The molecule has 28 heavy (non-hydrogen) atoms. The Labute approximate surface area is 172 Å². The van der Waals surface area contributed by atoms with E-state index in [0.717, 1.165) is 25.7 Å². The van der Waals surface area contributed by atoms with Gasteiger partial charge in [0.2, 0.25) is 15.9 Å². The van der Waals surface area contributed by atoms with E-state index in [9.17, 15) is 13.2 Å². The molecule has 0 spiro atoms. The van der Waals surface area contributed by atoms with Crippen molar-refractivity contribution in [2.75, 3.05) is 11.9 Å². The molecule has 1 fully saturated rings. The summed E-state index contributed by atoms with van der Waals surface area (Å²) >= 11 is 0. The van der Waals surface area contributed by atoms with Crippen LogP contribution in [0.15, 0.2) is 41.3 Å². The maximum Gasteiger partial charge on any atom is 0.241 e. The number of rotatable bonds is 5. The number of halogens is 1. The highest BCUT2D eigenvalue weighted by atomic mass is 35.5. The Bertz CT molecular complexity index is 964. The average molecular weight is 426 g/mol. The minimum Gasteiger partial charge on any atom is -0.329 e. The standard InChI is InChI=1S/C20H27N3O3S.ClH/c1-14-7-5-6-12-20(14,13-21)23-27(25,26)19-11-10-18(22-15(2)24)16-8-3-4-9-17(16)19;/h3-4,8-11,14,23H,5-7,12-13,21H2,1-2H3,(H,22,24);1H. The van der Waals surface area contributed by atoms with Crippen LogP contribution in [0.25, 0.3) is 10.8 Å². The third-order valence-electron chi connectivity index (χ3n) is 5.64. The maximum absolute atomic E-state index is 13.3. The highest BCUT2D eigenvalue weighted by Gasteiger charge is 2.40. The third kappa shape index (κ3) is 4.33. The van der Waals surface area contributed by atoms with Gasteiger partial charge in [-0.15, -0.1) is 12.4 Å². The molecule has 154 valence electrons. The molecule has 3 rings (SSSR count). The first-order valence-corrected chi connectivity index (χ1v) is 10.8. The first-order chi connectivity index (χ1) is 12.8. The first kappa shape index (κ1) is 22.6. The van der Waals surface area contributed by atoms with E-state index in [4.69, 9.17) is 5.73 Å². The predicted octanol–water partition coefficient (Wildman–Crippen LogP) is 3.41. The second-order valence-electron chi connectivity index (χ2n) is 7.45. The number of carbonyl (C=O) groups is 1. The summed E-state index contributed by atoms with van der Waals surface area (Å²) in [7, 11) is -3.78. The number of hydrogen-bond acceptors (Lipinski definition) is 4. The molecular weight excluding hydrogens is 398 g/mol. The SMILES string of the molecule is CC(=O)Nc1ccc(S(=O)(=O)NC2(CN)CCCCC2C)c2ccccc12.Cl. The Morgan fingerprint density at radius 2 is 1.86 bits per heavy atom. The van der Waals surface area contributed by atoms with Crippen molar-refractivity contribution >= 4 is 44.8 Å². The number of hydrogen-bond donors (Lipinski definition) is 3. The zero-order valence-corrected chi connectivity index (χ0v) is 17.8. The zero-order valence-electron chi connectivity index (χ0n) is 16.2. The Hall–Kier alpha value is -1.67. The summed E-state index contributed by atoms with van der Waals surface area (Å²) < 4.78 is 29.5. The highest BCUT2D eigenvalue weighted by molar-refractivity contribution is 7.89. The highest BCUT2D eigenvalue weighted by Crippen LogP contribution is 2.36. The third-order valence-corrected chi connectivity index (χ3v) is 7.25. The van der Waals surface area contributed by atoms with Crippen molar-refractivity contribution < 1.29 is 13.2 Å². The van der Waals surface area contributed by atoms with Crippen molar-refractivity contribution in [3.8, 4) is 0 Å². The average Bonchev–Trinajstić information content (AvgIpc) is 2.63. The van der Waals surface area contributed by atoms with Gasteiger partial charge in [0.15, 0.2) is 0 Å². The van der Waals surface area contributed by atoms with Crippen molar-refractivity contribution in [3.05, 3.63) is 36.4 Å². The van der Waals surface area contributed by atoms with Gasteiger partial charge in [-0.1, -0.05) is 44.0 Å². The molecule has 0 saturated heterocycles. The van der Waals surface area contributed by atoms with Gasteiger partial charge in [-0.05, 0) is 30.9 Å². The molecule has 0 aromatic heterocycles. The minimum atomic E-state index is -3.78. The van der Waals surface area contributed by atoms with Crippen molar-refractivity contribution in [1.82, 2.24) is 4.72 Å². The lowest BCUT2D eigenvalue weighted by Gasteiger charge is -2.42. The lowest BCUT2D eigenvalue weighted by Crippen LogP contribution is -2.58. The second-order valence-corrected chi connectivity index (χ2v) is 9.10. The number of nitrogens with two attached hydrogens (primary N) is 1. The Kier molecular flexibility index (Phi) is 7.09. The van der Waals surface area contributed by atoms with E-state index in [1.54, 1.807) is 24.3 Å². The van der Waals surface area contributed by atoms with Crippen LogP contribution in [0.5, 0.6) is 0 Å². The van der Waals surface area contributed by atoms with Gasteiger partial charge in [0.1, 0.15) is 0 Å². The van der Waals surface area contributed by atoms with Gasteiger partial charge in [0.25, 0.3) is 0 Å². The van der Waals surface area contributed by atoms with Crippen molar-refractivity contribution in [2.45, 2.75) is 50.0 Å². The van der Waals surface area contributed by atoms with Gasteiger partial charge < -0.3 is 11.1 Å². The smallest absolute Gasteiger partial charge is 0.241 e. The molecule has 8 heteroatoms. The van der Waals surface area contributed by atoms with Gasteiger partial charge in [0.05, 0.1) is 4.90 Å². The number of carbonyl (C=O) groups excluding carboxylic acids is 1. The minimum absolute atomic E-state index is 0. The van der Waals surface area contributed by atoms with E-state index in [1.165, 1.54) is 6.92 Å². The fourth-order valence-corrected chi connectivity index (χ4v) is 5.78. The van der Waals surface area contributed by atoms with E-state index in [1.807, 2.05) is 12.1 Å². The summed E-state index contributed by atoms with van der Waals surface area (Å²) in [5, 5.41) is 4.02. The molecule has 2 atom stereocenters. The van der Waals surface area contributed by atoms with Crippen LogP contribution < -0.4 is 15.8 Å². The van der Waals surface area contributed by atoms with E-state index < -0.39 is 15.6 Å². The summed E-state index contributed by atoms with van der Waals surface area (Å²) in [4.78, 5) is 11.7. The van der Waals surface area contributed by atoms with Crippen LogP contribution in [0.1, 0.15) is 39.5 Å². The molecule has 1 aliphatic rings. The fraction of sp³-hybridized carbons (Fsp3) is 0.450. The molecule has 6 nitrogen and oxygen atoms in total. The van der Waals surface area contributed by atoms with Crippen molar-refractivity contribution in [3.63, 3.8) is 0 Å². The molecule has 4 N–H and O–H groups in total. The molecule has 2 unspecified atom stereocenters. The van der Waals surface area contributed by atoms with Crippen LogP contribution in [0.3, 0.4) is 0 Å². The molecule has 1 amide bonds. The fourth-order valence-electron chi connectivity index (χ4n) is 4.04. The number of benzene rings is 2. The number of nitrogens with one attached hydrogen (secondary N) is 2. The number of sulfonamides is 1. The molecule has 1 saturated carbocycles. The monoisotopic (exact) mass is 425 g/mol. The number of amides is 1. The molecule has 0 aliphatic heterocycles. The molecular formula is C20H28ClN3O3S. The van der Waals surface area contributed by atoms with E-state index in [0.29, 0.717) is 16.5 Å². The van der Waals surface area contributed by atoms with Crippen LogP contribution in [0.4, 0.5) is 5.69 Å². The van der Waals surface area contributed by atoms with Crippen molar-refractivity contribution in [1.29, 1.82) is 0 Å². The van der Waals surface area contributed by atoms with Crippen LogP contribution in [-0.4, -0.2) is 26.4 Å². The molecule has 0 bridgehead atoms. The summed E-state index contributed by atoms with van der Waals surface area (Å²) in [6, 6.07) is 10.4. The Balaban J connectivity index is 0.00000280. The lowest BCUT2D eigenvalue weighted by molar-refractivity contribution is -0.114. The van der Waals surface area contributed by atoms with Crippen molar-refractivity contribution in [2.24, 2.45) is 11.7 Å². The normalized spacial score (nSPS) is 22.5. The molecule has 1 aliphatic carbocycles. The van der Waals surface area contributed by atoms with Gasteiger partial charge in [0, 0.05) is 35.5 Å². The van der Waals surface area contributed by atoms with Gasteiger partial charge in [-0.2, -0.15) is 0 Å². The van der Waals surface area contributed by atoms with Crippen LogP contribution in [0, 0.1) is 5.92 Å². The number of fused-ring (bicyclic) bond motifs is 1. The zero-order chi connectivity index (χ0) is 19.7. The maximum atomic E-state index is 13.3. The molecule has 2 aromatic rings. The molecule has 0 radical (unpaired) electrons.